The average Bonchev–Trinajstić information content (AvgIpc) is 2.15. The third-order valence-corrected chi connectivity index (χ3v) is 2.36. The standard InChI is InChI=1S/C11H12ClF2NO2/c1-4-17-10(16)9-6(2)5-8(11(12,13)14)15-7(9)3/h5H,4H2,1-3H3. The van der Waals surface area contributed by atoms with Gasteiger partial charge in [0.05, 0.1) is 17.9 Å². The summed E-state index contributed by atoms with van der Waals surface area (Å²) in [6, 6.07) is 1.09. The Kier molecular flexibility index (Phi) is 4.03. The van der Waals surface area contributed by atoms with Gasteiger partial charge in [0.15, 0.2) is 0 Å². The maximum absolute atomic E-state index is 12.9. The Labute approximate surface area is 103 Å². The molecule has 0 amide bonds. The van der Waals surface area contributed by atoms with Gasteiger partial charge in [-0.1, -0.05) is 0 Å². The van der Waals surface area contributed by atoms with Gasteiger partial charge in [0.2, 0.25) is 0 Å². The molecule has 0 aliphatic rings. The van der Waals surface area contributed by atoms with Gasteiger partial charge in [-0.3, -0.25) is 0 Å². The molecule has 0 saturated carbocycles. The zero-order chi connectivity index (χ0) is 13.2. The maximum Gasteiger partial charge on any atom is 0.364 e. The topological polar surface area (TPSA) is 39.2 Å². The molecule has 1 heterocycles. The number of halogens is 3. The first kappa shape index (κ1) is 13.8. The fourth-order valence-electron chi connectivity index (χ4n) is 1.49. The number of aromatic nitrogens is 1. The summed E-state index contributed by atoms with van der Waals surface area (Å²) in [6.45, 7) is 4.88. The molecule has 0 aliphatic heterocycles. The molecule has 0 radical (unpaired) electrons. The highest BCUT2D eigenvalue weighted by Crippen LogP contribution is 2.32. The van der Waals surface area contributed by atoms with Gasteiger partial charge in [-0.2, -0.15) is 8.78 Å². The van der Waals surface area contributed by atoms with E-state index in [9.17, 15) is 13.6 Å². The van der Waals surface area contributed by atoms with Crippen molar-refractivity contribution in [2.75, 3.05) is 6.61 Å². The molecule has 1 aromatic rings. The number of aryl methyl sites for hydroxylation is 2. The summed E-state index contributed by atoms with van der Waals surface area (Å²) in [5.41, 5.74) is 0.184. The molecule has 0 aromatic carbocycles. The summed E-state index contributed by atoms with van der Waals surface area (Å²) in [4.78, 5) is 15.2. The van der Waals surface area contributed by atoms with Gasteiger partial charge in [-0.25, -0.2) is 9.78 Å². The maximum atomic E-state index is 12.9. The minimum absolute atomic E-state index is 0.179. The van der Waals surface area contributed by atoms with Gasteiger partial charge in [0.25, 0.3) is 0 Å². The third-order valence-electron chi connectivity index (χ3n) is 2.17. The number of carbonyl (C=O) groups is 1. The van der Waals surface area contributed by atoms with Gasteiger partial charge in [0.1, 0.15) is 5.69 Å². The van der Waals surface area contributed by atoms with E-state index in [1.165, 1.54) is 13.8 Å². The lowest BCUT2D eigenvalue weighted by molar-refractivity contribution is 0.0522. The predicted octanol–water partition coefficient (Wildman–Crippen LogP) is 3.16. The number of pyridine rings is 1. The average molecular weight is 264 g/mol. The molecule has 0 N–H and O–H groups in total. The first-order chi connectivity index (χ1) is 7.77. The van der Waals surface area contributed by atoms with E-state index in [4.69, 9.17) is 16.3 Å². The lowest BCUT2D eigenvalue weighted by atomic mass is 10.1. The van der Waals surface area contributed by atoms with Crippen molar-refractivity contribution < 1.29 is 18.3 Å². The van der Waals surface area contributed by atoms with Crippen LogP contribution in [-0.4, -0.2) is 17.6 Å². The fraction of sp³-hybridized carbons (Fsp3) is 0.455. The second-order valence-electron chi connectivity index (χ2n) is 3.50. The second kappa shape index (κ2) is 4.96. The summed E-state index contributed by atoms with van der Waals surface area (Å²) >= 11 is 4.88. The van der Waals surface area contributed by atoms with Crippen LogP contribution in [0.5, 0.6) is 0 Å². The zero-order valence-electron chi connectivity index (χ0n) is 9.68. The number of alkyl halides is 3. The quantitative estimate of drug-likeness (QED) is 0.621. The molecule has 0 aliphatic carbocycles. The summed E-state index contributed by atoms with van der Waals surface area (Å²) in [5, 5.41) is -3.54. The van der Waals surface area contributed by atoms with Crippen LogP contribution in [0, 0.1) is 13.8 Å². The molecule has 17 heavy (non-hydrogen) atoms. The summed E-state index contributed by atoms with van der Waals surface area (Å²) in [5.74, 6) is -0.570. The molecule has 0 unspecified atom stereocenters. The summed E-state index contributed by atoms with van der Waals surface area (Å²) in [6.07, 6.45) is 0. The highest BCUT2D eigenvalue weighted by atomic mass is 35.5. The van der Waals surface area contributed by atoms with Crippen molar-refractivity contribution in [3.05, 3.63) is 28.6 Å². The van der Waals surface area contributed by atoms with Crippen LogP contribution in [-0.2, 0) is 10.1 Å². The number of ether oxygens (including phenoxy) is 1. The van der Waals surface area contributed by atoms with E-state index in [1.54, 1.807) is 6.92 Å². The monoisotopic (exact) mass is 263 g/mol. The van der Waals surface area contributed by atoms with Crippen molar-refractivity contribution in [1.82, 2.24) is 4.98 Å². The van der Waals surface area contributed by atoms with Crippen molar-refractivity contribution in [3.8, 4) is 0 Å². The first-order valence-corrected chi connectivity index (χ1v) is 5.37. The van der Waals surface area contributed by atoms with Crippen molar-refractivity contribution in [2.24, 2.45) is 0 Å². The second-order valence-corrected chi connectivity index (χ2v) is 3.98. The Morgan fingerprint density at radius 2 is 2.12 bits per heavy atom. The van der Waals surface area contributed by atoms with Crippen LogP contribution in [0.1, 0.15) is 34.2 Å². The predicted molar refractivity (Wildman–Crippen MR) is 59.4 cm³/mol. The van der Waals surface area contributed by atoms with Crippen LogP contribution in [0.25, 0.3) is 0 Å². The molecule has 1 rings (SSSR count). The number of esters is 1. The van der Waals surface area contributed by atoms with E-state index in [1.807, 2.05) is 0 Å². The third kappa shape index (κ3) is 3.12. The van der Waals surface area contributed by atoms with Crippen LogP contribution in [0.4, 0.5) is 8.78 Å². The van der Waals surface area contributed by atoms with Crippen molar-refractivity contribution in [3.63, 3.8) is 0 Å². The first-order valence-electron chi connectivity index (χ1n) is 5.00. The Morgan fingerprint density at radius 1 is 1.53 bits per heavy atom. The molecule has 0 saturated heterocycles. The summed E-state index contributed by atoms with van der Waals surface area (Å²) in [7, 11) is 0. The largest absolute Gasteiger partial charge is 0.462 e. The van der Waals surface area contributed by atoms with E-state index in [-0.39, 0.29) is 17.9 Å². The van der Waals surface area contributed by atoms with Crippen molar-refractivity contribution in [1.29, 1.82) is 0 Å². The highest BCUT2D eigenvalue weighted by Gasteiger charge is 2.31. The zero-order valence-corrected chi connectivity index (χ0v) is 10.4. The Bertz CT molecular complexity index is 421. The van der Waals surface area contributed by atoms with Crippen LogP contribution < -0.4 is 0 Å². The highest BCUT2D eigenvalue weighted by molar-refractivity contribution is 6.21. The van der Waals surface area contributed by atoms with Gasteiger partial charge in [-0.15, -0.1) is 0 Å². The SMILES string of the molecule is CCOC(=O)c1c(C)cc(C(F)(F)Cl)nc1C. The number of nitrogens with zero attached hydrogens (tertiary/aromatic N) is 1. The summed E-state index contributed by atoms with van der Waals surface area (Å²) < 4.78 is 30.6. The van der Waals surface area contributed by atoms with Gasteiger partial charge < -0.3 is 4.74 Å². The fourth-order valence-corrected chi connectivity index (χ4v) is 1.59. The number of hydrogen-bond donors (Lipinski definition) is 0. The van der Waals surface area contributed by atoms with Gasteiger partial charge in [-0.05, 0) is 44.0 Å². The van der Waals surface area contributed by atoms with Gasteiger partial charge >= 0.3 is 11.4 Å². The van der Waals surface area contributed by atoms with Crippen molar-refractivity contribution >= 4 is 17.6 Å². The molecule has 0 bridgehead atoms. The number of carbonyl (C=O) groups excluding carboxylic acids is 1. The van der Waals surface area contributed by atoms with E-state index in [2.05, 4.69) is 4.98 Å². The van der Waals surface area contributed by atoms with Crippen molar-refractivity contribution in [2.45, 2.75) is 26.2 Å². The Morgan fingerprint density at radius 3 is 2.53 bits per heavy atom. The smallest absolute Gasteiger partial charge is 0.364 e. The molecular formula is C11H12ClF2NO2. The van der Waals surface area contributed by atoms with Crippen LogP contribution in [0.2, 0.25) is 0 Å². The Balaban J connectivity index is 3.25. The molecule has 94 valence electrons. The lowest BCUT2D eigenvalue weighted by Crippen LogP contribution is -2.14. The van der Waals surface area contributed by atoms with Gasteiger partial charge in [0, 0.05) is 0 Å². The molecule has 0 fully saturated rings. The van der Waals surface area contributed by atoms with Crippen LogP contribution in [0.15, 0.2) is 6.07 Å². The minimum Gasteiger partial charge on any atom is -0.462 e. The number of hydrogen-bond acceptors (Lipinski definition) is 3. The van der Waals surface area contributed by atoms with E-state index < -0.39 is 17.0 Å². The normalized spacial score (nSPS) is 11.4. The Hall–Kier alpha value is -1.23. The number of rotatable bonds is 3. The molecule has 6 heteroatoms. The minimum atomic E-state index is -3.54. The molecular weight excluding hydrogens is 252 g/mol. The molecule has 0 atom stereocenters. The van der Waals surface area contributed by atoms with Crippen LogP contribution >= 0.6 is 11.6 Å². The molecule has 0 spiro atoms. The lowest BCUT2D eigenvalue weighted by Gasteiger charge is -2.13. The van der Waals surface area contributed by atoms with E-state index >= 15 is 0 Å². The molecule has 3 nitrogen and oxygen atoms in total. The van der Waals surface area contributed by atoms with E-state index in [0.717, 1.165) is 6.07 Å². The van der Waals surface area contributed by atoms with E-state index in [0.29, 0.717) is 5.56 Å². The molecule has 1 aromatic heterocycles. The van der Waals surface area contributed by atoms with Crippen LogP contribution in [0.3, 0.4) is 0 Å².